The van der Waals surface area contributed by atoms with E-state index in [1.54, 1.807) is 55.6 Å². The van der Waals surface area contributed by atoms with Gasteiger partial charge in [-0.1, -0.05) is 11.6 Å². The fraction of sp³-hybridized carbons (Fsp3) is 0.0952. The fourth-order valence-electron chi connectivity index (χ4n) is 2.47. The number of benzene rings is 3. The number of methoxy groups -OCH3 is 1. The Kier molecular flexibility index (Phi) is 6.81. The van der Waals surface area contributed by atoms with Crippen molar-refractivity contribution in [1.82, 2.24) is 0 Å². The Bertz CT molecular complexity index is 1100. The maximum atomic E-state index is 12.5. The molecule has 7 nitrogen and oxygen atoms in total. The lowest BCUT2D eigenvalue weighted by Crippen LogP contribution is -2.20. The molecule has 0 radical (unpaired) electrons. The van der Waals surface area contributed by atoms with Crippen LogP contribution in [-0.2, 0) is 14.8 Å². The number of hydrogen-bond donors (Lipinski definition) is 2. The zero-order valence-electron chi connectivity index (χ0n) is 16.0. The van der Waals surface area contributed by atoms with E-state index >= 15 is 0 Å². The highest BCUT2D eigenvalue weighted by Gasteiger charge is 2.14. The highest BCUT2D eigenvalue weighted by atomic mass is 35.5. The van der Waals surface area contributed by atoms with Crippen LogP contribution < -0.4 is 19.5 Å². The van der Waals surface area contributed by atoms with Gasteiger partial charge >= 0.3 is 0 Å². The number of carbonyl (C=O) groups excluding carboxylic acids is 1. The van der Waals surface area contributed by atoms with Crippen molar-refractivity contribution in [1.29, 1.82) is 0 Å². The van der Waals surface area contributed by atoms with Gasteiger partial charge in [0.05, 0.1) is 12.0 Å². The van der Waals surface area contributed by atoms with E-state index in [0.29, 0.717) is 27.9 Å². The van der Waals surface area contributed by atoms with Crippen molar-refractivity contribution in [3.8, 4) is 11.5 Å². The Morgan fingerprint density at radius 1 is 0.867 bits per heavy atom. The quantitative estimate of drug-likeness (QED) is 0.541. The Hall–Kier alpha value is -3.23. The topological polar surface area (TPSA) is 93.7 Å². The molecule has 30 heavy (non-hydrogen) atoms. The van der Waals surface area contributed by atoms with Crippen LogP contribution in [0, 0.1) is 0 Å². The average molecular weight is 447 g/mol. The summed E-state index contributed by atoms with van der Waals surface area (Å²) in [6.07, 6.45) is 0. The zero-order valence-corrected chi connectivity index (χ0v) is 17.5. The molecule has 0 aliphatic carbocycles. The van der Waals surface area contributed by atoms with Crippen LogP contribution in [0.15, 0.2) is 77.7 Å². The molecule has 0 aliphatic heterocycles. The van der Waals surface area contributed by atoms with Crippen molar-refractivity contribution in [2.45, 2.75) is 4.90 Å². The number of nitrogens with one attached hydrogen (secondary N) is 2. The molecule has 0 spiro atoms. The minimum Gasteiger partial charge on any atom is -0.497 e. The van der Waals surface area contributed by atoms with Gasteiger partial charge in [0.25, 0.3) is 15.9 Å². The third-order valence-corrected chi connectivity index (χ3v) is 5.62. The van der Waals surface area contributed by atoms with Crippen LogP contribution in [0.4, 0.5) is 11.4 Å². The van der Waals surface area contributed by atoms with Gasteiger partial charge in [-0.25, -0.2) is 8.42 Å². The molecule has 9 heteroatoms. The smallest absolute Gasteiger partial charge is 0.262 e. The van der Waals surface area contributed by atoms with Gasteiger partial charge in [-0.15, -0.1) is 0 Å². The number of carbonyl (C=O) groups is 1. The number of hydrogen-bond acceptors (Lipinski definition) is 5. The van der Waals surface area contributed by atoms with Crippen molar-refractivity contribution >= 4 is 38.9 Å². The first kappa shape index (κ1) is 21.5. The minimum atomic E-state index is -3.76. The lowest BCUT2D eigenvalue weighted by molar-refractivity contribution is -0.118. The number of amides is 1. The van der Waals surface area contributed by atoms with Crippen LogP contribution in [0.25, 0.3) is 0 Å². The molecule has 0 saturated carbocycles. The van der Waals surface area contributed by atoms with Crippen LogP contribution in [0.5, 0.6) is 11.5 Å². The Morgan fingerprint density at radius 2 is 1.43 bits per heavy atom. The van der Waals surface area contributed by atoms with E-state index in [2.05, 4.69) is 10.0 Å². The number of sulfonamides is 1. The highest BCUT2D eigenvalue weighted by Crippen LogP contribution is 2.21. The van der Waals surface area contributed by atoms with E-state index in [0.717, 1.165) is 0 Å². The summed E-state index contributed by atoms with van der Waals surface area (Å²) < 4.78 is 37.9. The standard InChI is InChI=1S/C21H19ClN2O5S/c1-28-18-8-6-16(7-9-18)23-21(25)14-29-19-10-12-20(13-11-19)30(26,27)24-17-4-2-15(22)3-5-17/h2-13,24H,14H2,1H3,(H,23,25). The van der Waals surface area contributed by atoms with E-state index in [-0.39, 0.29) is 17.4 Å². The molecule has 0 aliphatic rings. The summed E-state index contributed by atoms with van der Waals surface area (Å²) in [5.74, 6) is 0.705. The van der Waals surface area contributed by atoms with Crippen LogP contribution in [0.1, 0.15) is 0 Å². The summed E-state index contributed by atoms with van der Waals surface area (Å²) in [5.41, 5.74) is 1.01. The number of ether oxygens (including phenoxy) is 2. The molecule has 1 amide bonds. The highest BCUT2D eigenvalue weighted by molar-refractivity contribution is 7.92. The number of halogens is 1. The van der Waals surface area contributed by atoms with Gasteiger partial charge in [-0.2, -0.15) is 0 Å². The molecule has 0 unspecified atom stereocenters. The summed E-state index contributed by atoms with van der Waals surface area (Å²) in [4.78, 5) is 12.1. The summed E-state index contributed by atoms with van der Waals surface area (Å²) in [6, 6.07) is 19.0. The van der Waals surface area contributed by atoms with Gasteiger partial charge in [0.15, 0.2) is 6.61 Å². The first-order chi connectivity index (χ1) is 14.4. The predicted molar refractivity (Wildman–Crippen MR) is 116 cm³/mol. The van der Waals surface area contributed by atoms with Gasteiger partial charge in [0, 0.05) is 16.4 Å². The molecule has 0 atom stereocenters. The van der Waals surface area contributed by atoms with Gasteiger partial charge in [-0.3, -0.25) is 9.52 Å². The third-order valence-electron chi connectivity index (χ3n) is 3.97. The molecule has 3 aromatic carbocycles. The zero-order chi connectivity index (χ0) is 21.6. The number of rotatable bonds is 8. The predicted octanol–water partition coefficient (Wildman–Crippen LogP) is 4.17. The lowest BCUT2D eigenvalue weighted by atomic mass is 10.3. The molecule has 156 valence electrons. The van der Waals surface area contributed by atoms with Crippen LogP contribution in [-0.4, -0.2) is 28.0 Å². The van der Waals surface area contributed by atoms with Crippen molar-refractivity contribution in [2.24, 2.45) is 0 Å². The van der Waals surface area contributed by atoms with E-state index in [4.69, 9.17) is 21.1 Å². The SMILES string of the molecule is COc1ccc(NC(=O)COc2ccc(S(=O)(=O)Nc3ccc(Cl)cc3)cc2)cc1. The van der Waals surface area contributed by atoms with Crippen molar-refractivity contribution in [3.05, 3.63) is 77.8 Å². The Labute approximate surface area is 179 Å². The molecule has 0 bridgehead atoms. The van der Waals surface area contributed by atoms with Gasteiger partial charge in [0.1, 0.15) is 11.5 Å². The lowest BCUT2D eigenvalue weighted by Gasteiger charge is -2.10. The molecule has 0 saturated heterocycles. The average Bonchev–Trinajstić information content (AvgIpc) is 2.74. The Morgan fingerprint density at radius 3 is 2.03 bits per heavy atom. The molecule has 2 N–H and O–H groups in total. The second-order valence-corrected chi connectivity index (χ2v) is 8.27. The first-order valence-electron chi connectivity index (χ1n) is 8.81. The van der Waals surface area contributed by atoms with E-state index in [1.165, 1.54) is 24.3 Å². The van der Waals surface area contributed by atoms with Gasteiger partial charge < -0.3 is 14.8 Å². The molecular weight excluding hydrogens is 428 g/mol. The number of anilines is 2. The first-order valence-corrected chi connectivity index (χ1v) is 10.7. The fourth-order valence-corrected chi connectivity index (χ4v) is 3.65. The largest absolute Gasteiger partial charge is 0.497 e. The van der Waals surface area contributed by atoms with Crippen LogP contribution in [0.3, 0.4) is 0 Å². The van der Waals surface area contributed by atoms with Crippen LogP contribution in [0.2, 0.25) is 5.02 Å². The second-order valence-electron chi connectivity index (χ2n) is 6.15. The monoisotopic (exact) mass is 446 g/mol. The Balaban J connectivity index is 1.55. The molecular formula is C21H19ClN2O5S. The van der Waals surface area contributed by atoms with E-state index < -0.39 is 10.0 Å². The normalized spacial score (nSPS) is 10.9. The summed E-state index contributed by atoms with van der Waals surface area (Å²) in [7, 11) is -2.20. The van der Waals surface area contributed by atoms with Crippen molar-refractivity contribution in [3.63, 3.8) is 0 Å². The van der Waals surface area contributed by atoms with Crippen LogP contribution >= 0.6 is 11.6 Å². The molecule has 3 aromatic rings. The molecule has 0 aromatic heterocycles. The summed E-state index contributed by atoms with van der Waals surface area (Å²) in [6.45, 7) is -0.221. The van der Waals surface area contributed by atoms with Crippen molar-refractivity contribution in [2.75, 3.05) is 23.8 Å². The van der Waals surface area contributed by atoms with Gasteiger partial charge in [0.2, 0.25) is 0 Å². The summed E-state index contributed by atoms with van der Waals surface area (Å²) in [5, 5.41) is 3.21. The van der Waals surface area contributed by atoms with E-state index in [9.17, 15) is 13.2 Å². The second kappa shape index (κ2) is 9.51. The maximum Gasteiger partial charge on any atom is 0.262 e. The third kappa shape index (κ3) is 5.88. The molecule has 3 rings (SSSR count). The minimum absolute atomic E-state index is 0.0625. The molecule has 0 heterocycles. The molecule has 0 fully saturated rings. The maximum absolute atomic E-state index is 12.5. The summed E-state index contributed by atoms with van der Waals surface area (Å²) >= 11 is 5.80. The van der Waals surface area contributed by atoms with E-state index in [1.807, 2.05) is 0 Å². The van der Waals surface area contributed by atoms with Crippen molar-refractivity contribution < 1.29 is 22.7 Å². The van der Waals surface area contributed by atoms with Gasteiger partial charge in [-0.05, 0) is 72.8 Å².